The molecule has 3 aromatic rings. The highest BCUT2D eigenvalue weighted by molar-refractivity contribution is 7.07. The molecule has 3 heterocycles. The van der Waals surface area contributed by atoms with Crippen LogP contribution in [0.4, 0.5) is 0 Å². The van der Waals surface area contributed by atoms with Crippen LogP contribution in [0.3, 0.4) is 0 Å². The first-order valence-electron chi connectivity index (χ1n) is 11.8. The van der Waals surface area contributed by atoms with Crippen molar-refractivity contribution in [3.8, 4) is 23.0 Å². The first-order valence-corrected chi connectivity index (χ1v) is 12.7. The first kappa shape index (κ1) is 24.6. The minimum Gasteiger partial charge on any atom is -0.490 e. The minimum absolute atomic E-state index is 0.169. The average molecular weight is 523 g/mol. The second-order valence-electron chi connectivity index (χ2n) is 8.26. The highest BCUT2D eigenvalue weighted by Crippen LogP contribution is 2.36. The fraction of sp³-hybridized carbons (Fsp3) is 0.296. The molecule has 0 saturated heterocycles. The lowest BCUT2D eigenvalue weighted by atomic mass is 9.95. The molecule has 2 aliphatic rings. The van der Waals surface area contributed by atoms with Gasteiger partial charge in [0.05, 0.1) is 42.2 Å². The van der Waals surface area contributed by atoms with E-state index in [1.54, 1.807) is 25.1 Å². The predicted octanol–water partition coefficient (Wildman–Crippen LogP) is 2.93. The smallest absolute Gasteiger partial charge is 0.338 e. The molecule has 0 bridgehead atoms. The van der Waals surface area contributed by atoms with Crippen LogP contribution in [-0.4, -0.2) is 37.7 Å². The quantitative estimate of drug-likeness (QED) is 0.440. The van der Waals surface area contributed by atoms with Crippen molar-refractivity contribution in [2.75, 3.05) is 27.1 Å². The summed E-state index contributed by atoms with van der Waals surface area (Å²) in [7, 11) is 1.31. The van der Waals surface area contributed by atoms with Gasteiger partial charge in [-0.15, -0.1) is 0 Å². The average Bonchev–Trinajstić information content (AvgIpc) is 3.48. The van der Waals surface area contributed by atoms with E-state index in [0.29, 0.717) is 56.8 Å². The zero-order chi connectivity index (χ0) is 26.1. The minimum atomic E-state index is -0.752. The van der Waals surface area contributed by atoms with E-state index in [0.717, 1.165) is 5.56 Å². The van der Waals surface area contributed by atoms with E-state index in [1.807, 2.05) is 38.1 Å². The Labute approximate surface area is 216 Å². The number of nitrogens with zero attached hydrogens (tertiary/aromatic N) is 2. The number of aromatic nitrogens is 1. The number of methoxy groups -OCH3 is 1. The molecule has 10 heteroatoms. The van der Waals surface area contributed by atoms with Crippen molar-refractivity contribution < 1.29 is 28.5 Å². The molecule has 192 valence electrons. The van der Waals surface area contributed by atoms with Gasteiger partial charge >= 0.3 is 5.97 Å². The van der Waals surface area contributed by atoms with E-state index in [2.05, 4.69) is 4.99 Å². The topological polar surface area (TPSA) is 97.6 Å². The van der Waals surface area contributed by atoms with E-state index in [4.69, 9.17) is 23.7 Å². The van der Waals surface area contributed by atoms with Gasteiger partial charge in [-0.05, 0) is 62.2 Å². The third kappa shape index (κ3) is 4.48. The van der Waals surface area contributed by atoms with Crippen LogP contribution in [0.2, 0.25) is 0 Å². The summed E-state index contributed by atoms with van der Waals surface area (Å²) in [5, 5.41) is 0. The summed E-state index contributed by atoms with van der Waals surface area (Å²) in [6.07, 6.45) is 1.78. The number of carbonyl (C=O) groups is 1. The molecule has 0 fully saturated rings. The summed E-state index contributed by atoms with van der Waals surface area (Å²) in [4.78, 5) is 31.8. The van der Waals surface area contributed by atoms with E-state index in [1.165, 1.54) is 23.0 Å². The summed E-state index contributed by atoms with van der Waals surface area (Å²) in [6, 6.07) is 10.2. The molecule has 0 spiro atoms. The Balaban J connectivity index is 1.69. The van der Waals surface area contributed by atoms with E-state index in [9.17, 15) is 9.59 Å². The lowest BCUT2D eigenvalue weighted by Crippen LogP contribution is -2.39. The van der Waals surface area contributed by atoms with Gasteiger partial charge in [0.2, 0.25) is 6.79 Å². The van der Waals surface area contributed by atoms with Crippen LogP contribution in [-0.2, 0) is 9.53 Å². The Morgan fingerprint density at radius 1 is 1.11 bits per heavy atom. The van der Waals surface area contributed by atoms with Gasteiger partial charge in [0.15, 0.2) is 27.8 Å². The highest BCUT2D eigenvalue weighted by atomic mass is 32.1. The van der Waals surface area contributed by atoms with Crippen LogP contribution in [0, 0.1) is 0 Å². The van der Waals surface area contributed by atoms with Gasteiger partial charge < -0.3 is 23.7 Å². The number of benzene rings is 2. The largest absolute Gasteiger partial charge is 0.490 e. The first-order chi connectivity index (χ1) is 17.9. The van der Waals surface area contributed by atoms with Crippen molar-refractivity contribution >= 4 is 23.4 Å². The normalized spacial score (nSPS) is 16.3. The van der Waals surface area contributed by atoms with E-state index in [-0.39, 0.29) is 17.9 Å². The zero-order valence-corrected chi connectivity index (χ0v) is 21.7. The molecule has 0 N–H and O–H groups in total. The molecule has 2 aliphatic heterocycles. The molecule has 2 aromatic carbocycles. The van der Waals surface area contributed by atoms with Crippen LogP contribution in [0.5, 0.6) is 23.0 Å². The maximum absolute atomic E-state index is 13.8. The van der Waals surface area contributed by atoms with Gasteiger partial charge in [-0.25, -0.2) is 9.79 Å². The molecule has 0 unspecified atom stereocenters. The molecule has 0 radical (unpaired) electrons. The molecule has 1 aromatic heterocycles. The third-order valence-electron chi connectivity index (χ3n) is 6.00. The summed E-state index contributed by atoms with van der Waals surface area (Å²) in [5.74, 6) is 1.86. The number of allylic oxidation sites excluding steroid dienone is 1. The Kier molecular flexibility index (Phi) is 6.75. The van der Waals surface area contributed by atoms with Gasteiger partial charge in [0.1, 0.15) is 0 Å². The molecule has 0 amide bonds. The van der Waals surface area contributed by atoms with Crippen LogP contribution in [0.25, 0.3) is 6.08 Å². The number of hydrogen-bond donors (Lipinski definition) is 0. The predicted molar refractivity (Wildman–Crippen MR) is 137 cm³/mol. The van der Waals surface area contributed by atoms with E-state index >= 15 is 0 Å². The van der Waals surface area contributed by atoms with Crippen molar-refractivity contribution in [1.29, 1.82) is 0 Å². The fourth-order valence-corrected chi connectivity index (χ4v) is 5.45. The highest BCUT2D eigenvalue weighted by Gasteiger charge is 2.33. The molecule has 37 heavy (non-hydrogen) atoms. The third-order valence-corrected chi connectivity index (χ3v) is 6.99. The summed E-state index contributed by atoms with van der Waals surface area (Å²) >= 11 is 1.25. The Morgan fingerprint density at radius 2 is 1.86 bits per heavy atom. The maximum Gasteiger partial charge on any atom is 0.338 e. The standard InChI is InChI=1S/C27H26N2O7S/c1-5-33-18-10-8-17(13-21(18)34-6-2)24-23(26(31)32-4)15(3)28-27-29(24)25(30)22(37-27)12-16-7-9-19-20(11-16)36-14-35-19/h7-13,24H,5-6,14H2,1-4H3/b22-12+/t24-/m1/s1. The van der Waals surface area contributed by atoms with Crippen LogP contribution in [0.15, 0.2) is 57.5 Å². The maximum atomic E-state index is 13.8. The molecule has 1 atom stereocenters. The van der Waals surface area contributed by atoms with Crippen molar-refractivity contribution in [2.24, 2.45) is 4.99 Å². The molecule has 0 aliphatic carbocycles. The lowest BCUT2D eigenvalue weighted by molar-refractivity contribution is -0.136. The van der Waals surface area contributed by atoms with Gasteiger partial charge in [0, 0.05) is 0 Å². The fourth-order valence-electron chi connectivity index (χ4n) is 4.40. The monoisotopic (exact) mass is 522 g/mol. The summed E-state index contributed by atoms with van der Waals surface area (Å²) in [5.41, 5.74) is 1.97. The second-order valence-corrected chi connectivity index (χ2v) is 9.27. The molecular formula is C27H26N2O7S. The van der Waals surface area contributed by atoms with Crippen molar-refractivity contribution in [3.05, 3.63) is 78.5 Å². The number of rotatable bonds is 7. The SMILES string of the molecule is CCOc1ccc([C@@H]2C(C(=O)OC)=C(C)N=c3s/c(=C/c4ccc5c(c4)OCO5)c(=O)n32)cc1OCC. The Morgan fingerprint density at radius 3 is 2.62 bits per heavy atom. The molecule has 9 nitrogen and oxygen atoms in total. The zero-order valence-electron chi connectivity index (χ0n) is 20.9. The van der Waals surface area contributed by atoms with Crippen LogP contribution < -0.4 is 33.8 Å². The molecule has 0 saturated carbocycles. The van der Waals surface area contributed by atoms with E-state index < -0.39 is 12.0 Å². The second kappa shape index (κ2) is 10.1. The van der Waals surface area contributed by atoms with Crippen LogP contribution in [0.1, 0.15) is 37.9 Å². The van der Waals surface area contributed by atoms with Gasteiger partial charge in [-0.3, -0.25) is 9.36 Å². The van der Waals surface area contributed by atoms with Crippen molar-refractivity contribution in [1.82, 2.24) is 4.57 Å². The molecule has 5 rings (SSSR count). The number of ether oxygens (including phenoxy) is 5. The number of carbonyl (C=O) groups excluding carboxylic acids is 1. The van der Waals surface area contributed by atoms with Crippen LogP contribution >= 0.6 is 11.3 Å². The van der Waals surface area contributed by atoms with Gasteiger partial charge in [-0.1, -0.05) is 23.5 Å². The van der Waals surface area contributed by atoms with Crippen molar-refractivity contribution in [3.63, 3.8) is 0 Å². The number of hydrogen-bond acceptors (Lipinski definition) is 9. The Hall–Kier alpha value is -4.05. The lowest BCUT2D eigenvalue weighted by Gasteiger charge is -2.25. The summed E-state index contributed by atoms with van der Waals surface area (Å²) < 4.78 is 29.5. The van der Waals surface area contributed by atoms with Gasteiger partial charge in [0.25, 0.3) is 5.56 Å². The number of esters is 1. The number of thiazole rings is 1. The van der Waals surface area contributed by atoms with Gasteiger partial charge in [-0.2, -0.15) is 0 Å². The van der Waals surface area contributed by atoms with Crippen molar-refractivity contribution in [2.45, 2.75) is 26.8 Å². The Bertz CT molecular complexity index is 1580. The molecular weight excluding hydrogens is 496 g/mol. The summed E-state index contributed by atoms with van der Waals surface area (Å²) in [6.45, 7) is 6.59. The number of fused-ring (bicyclic) bond motifs is 2.